The fourth-order valence-electron chi connectivity index (χ4n) is 3.56. The Morgan fingerprint density at radius 1 is 0.971 bits per heavy atom. The SMILES string of the molecule is COc1cc(OC)cc(C(=O)Nc2ccc3c(c2)N(CCOc2ccc(C)cc2)C(=O)CO3)c1. The molecule has 1 aliphatic heterocycles. The molecule has 34 heavy (non-hydrogen) atoms. The van der Waals surface area contributed by atoms with Crippen LogP contribution in [0.25, 0.3) is 0 Å². The van der Waals surface area contributed by atoms with E-state index in [9.17, 15) is 9.59 Å². The van der Waals surface area contributed by atoms with Crippen molar-refractivity contribution in [3.05, 3.63) is 71.8 Å². The number of rotatable bonds is 8. The van der Waals surface area contributed by atoms with Gasteiger partial charge in [0.05, 0.1) is 26.5 Å². The van der Waals surface area contributed by atoms with Gasteiger partial charge >= 0.3 is 0 Å². The van der Waals surface area contributed by atoms with Crippen molar-refractivity contribution in [3.63, 3.8) is 0 Å². The molecule has 8 nitrogen and oxygen atoms in total. The fourth-order valence-corrected chi connectivity index (χ4v) is 3.56. The van der Waals surface area contributed by atoms with E-state index in [2.05, 4.69) is 5.32 Å². The summed E-state index contributed by atoms with van der Waals surface area (Å²) < 4.78 is 21.8. The average molecular weight is 463 g/mol. The number of carbonyl (C=O) groups is 2. The third-order valence-electron chi connectivity index (χ3n) is 5.38. The van der Waals surface area contributed by atoms with E-state index in [0.717, 1.165) is 11.3 Å². The van der Waals surface area contributed by atoms with E-state index < -0.39 is 0 Å². The van der Waals surface area contributed by atoms with Crippen LogP contribution in [-0.4, -0.2) is 45.8 Å². The van der Waals surface area contributed by atoms with Gasteiger partial charge in [-0.15, -0.1) is 0 Å². The van der Waals surface area contributed by atoms with Crippen LogP contribution in [0.4, 0.5) is 11.4 Å². The molecule has 0 bridgehead atoms. The Balaban J connectivity index is 1.49. The molecule has 8 heteroatoms. The number of nitrogens with zero attached hydrogens (tertiary/aromatic N) is 1. The van der Waals surface area contributed by atoms with E-state index in [1.165, 1.54) is 14.2 Å². The molecule has 0 radical (unpaired) electrons. The standard InChI is InChI=1S/C26H26N2O6/c1-17-4-7-20(8-5-17)33-11-10-28-23-14-19(6-9-24(23)34-16-25(28)29)27-26(30)18-12-21(31-2)15-22(13-18)32-3/h4-9,12-15H,10-11,16H2,1-3H3,(H,27,30). The highest BCUT2D eigenvalue weighted by Crippen LogP contribution is 2.35. The second-order valence-corrected chi connectivity index (χ2v) is 7.73. The number of aryl methyl sites for hydroxylation is 1. The highest BCUT2D eigenvalue weighted by Gasteiger charge is 2.26. The molecule has 0 unspecified atom stereocenters. The smallest absolute Gasteiger partial charge is 0.265 e. The Hall–Kier alpha value is -4.20. The molecule has 0 aromatic heterocycles. The van der Waals surface area contributed by atoms with Gasteiger partial charge in [-0.05, 0) is 49.4 Å². The zero-order valence-corrected chi connectivity index (χ0v) is 19.3. The minimum Gasteiger partial charge on any atom is -0.497 e. The zero-order valence-electron chi connectivity index (χ0n) is 19.3. The third-order valence-corrected chi connectivity index (χ3v) is 5.38. The summed E-state index contributed by atoms with van der Waals surface area (Å²) in [6, 6.07) is 17.8. The summed E-state index contributed by atoms with van der Waals surface area (Å²) in [5.41, 5.74) is 2.62. The first-order chi connectivity index (χ1) is 16.5. The van der Waals surface area contributed by atoms with Crippen LogP contribution in [0.2, 0.25) is 0 Å². The van der Waals surface area contributed by atoms with Crippen molar-refractivity contribution >= 4 is 23.2 Å². The number of nitrogens with one attached hydrogen (secondary N) is 1. The van der Waals surface area contributed by atoms with Crippen LogP contribution in [-0.2, 0) is 4.79 Å². The van der Waals surface area contributed by atoms with E-state index in [-0.39, 0.29) is 18.4 Å². The predicted octanol–water partition coefficient (Wildman–Crippen LogP) is 4.07. The molecule has 4 rings (SSSR count). The molecule has 0 spiro atoms. The first kappa shape index (κ1) is 23.0. The van der Waals surface area contributed by atoms with Crippen molar-refractivity contribution in [3.8, 4) is 23.0 Å². The lowest BCUT2D eigenvalue weighted by atomic mass is 10.1. The monoisotopic (exact) mass is 462 g/mol. The van der Waals surface area contributed by atoms with E-state index in [0.29, 0.717) is 47.3 Å². The Bertz CT molecular complexity index is 1170. The molecule has 0 atom stereocenters. The number of benzene rings is 3. The fraction of sp³-hybridized carbons (Fsp3) is 0.231. The minimum atomic E-state index is -0.338. The van der Waals surface area contributed by atoms with Gasteiger partial charge in [-0.3, -0.25) is 9.59 Å². The molecule has 0 aliphatic carbocycles. The zero-order chi connectivity index (χ0) is 24.1. The Morgan fingerprint density at radius 3 is 2.35 bits per heavy atom. The Kier molecular flexibility index (Phi) is 6.87. The summed E-state index contributed by atoms with van der Waals surface area (Å²) in [4.78, 5) is 27.0. The normalized spacial score (nSPS) is 12.4. The molecule has 0 saturated heterocycles. The Morgan fingerprint density at radius 2 is 1.68 bits per heavy atom. The lowest BCUT2D eigenvalue weighted by Gasteiger charge is -2.29. The number of fused-ring (bicyclic) bond motifs is 1. The van der Waals surface area contributed by atoms with Crippen LogP contribution < -0.4 is 29.2 Å². The molecule has 2 amide bonds. The maximum absolute atomic E-state index is 12.9. The van der Waals surface area contributed by atoms with Gasteiger partial charge in [-0.25, -0.2) is 0 Å². The molecule has 0 saturated carbocycles. The molecular weight excluding hydrogens is 436 g/mol. The number of methoxy groups -OCH3 is 2. The third kappa shape index (κ3) is 5.23. The summed E-state index contributed by atoms with van der Waals surface area (Å²) in [5, 5.41) is 2.86. The van der Waals surface area contributed by atoms with Crippen molar-refractivity contribution in [2.75, 3.05) is 44.2 Å². The molecule has 176 valence electrons. The topological polar surface area (TPSA) is 86.3 Å². The molecular formula is C26H26N2O6. The van der Waals surface area contributed by atoms with Crippen molar-refractivity contribution in [2.24, 2.45) is 0 Å². The van der Waals surface area contributed by atoms with Gasteiger partial charge in [0.25, 0.3) is 11.8 Å². The van der Waals surface area contributed by atoms with Crippen LogP contribution in [0.5, 0.6) is 23.0 Å². The van der Waals surface area contributed by atoms with Gasteiger partial charge in [-0.2, -0.15) is 0 Å². The van der Waals surface area contributed by atoms with Crippen LogP contribution >= 0.6 is 0 Å². The molecule has 1 heterocycles. The second-order valence-electron chi connectivity index (χ2n) is 7.73. The number of hydrogen-bond donors (Lipinski definition) is 1. The summed E-state index contributed by atoms with van der Waals surface area (Å²) in [6.07, 6.45) is 0. The van der Waals surface area contributed by atoms with Gasteiger partial charge in [0.1, 0.15) is 29.6 Å². The number of hydrogen-bond acceptors (Lipinski definition) is 6. The number of ether oxygens (including phenoxy) is 4. The van der Waals surface area contributed by atoms with Crippen LogP contribution in [0.3, 0.4) is 0 Å². The van der Waals surface area contributed by atoms with Crippen molar-refractivity contribution in [1.82, 2.24) is 0 Å². The van der Waals surface area contributed by atoms with Crippen LogP contribution in [0.15, 0.2) is 60.7 Å². The maximum Gasteiger partial charge on any atom is 0.265 e. The van der Waals surface area contributed by atoms with Crippen LogP contribution in [0, 0.1) is 6.92 Å². The van der Waals surface area contributed by atoms with E-state index in [4.69, 9.17) is 18.9 Å². The van der Waals surface area contributed by atoms with E-state index in [1.807, 2.05) is 31.2 Å². The molecule has 3 aromatic rings. The first-order valence-corrected chi connectivity index (χ1v) is 10.8. The highest BCUT2D eigenvalue weighted by atomic mass is 16.5. The van der Waals surface area contributed by atoms with E-state index in [1.54, 1.807) is 41.3 Å². The quantitative estimate of drug-likeness (QED) is 0.543. The first-order valence-electron chi connectivity index (χ1n) is 10.8. The number of carbonyl (C=O) groups excluding carboxylic acids is 2. The van der Waals surface area contributed by atoms with Gasteiger partial charge in [-0.1, -0.05) is 17.7 Å². The molecule has 1 aliphatic rings. The largest absolute Gasteiger partial charge is 0.497 e. The lowest BCUT2D eigenvalue weighted by Crippen LogP contribution is -2.41. The van der Waals surface area contributed by atoms with Crippen molar-refractivity contribution < 1.29 is 28.5 Å². The van der Waals surface area contributed by atoms with Crippen molar-refractivity contribution in [2.45, 2.75) is 6.92 Å². The minimum absolute atomic E-state index is 0.0488. The van der Waals surface area contributed by atoms with Gasteiger partial charge in [0, 0.05) is 17.3 Å². The molecule has 1 N–H and O–H groups in total. The number of amides is 2. The lowest BCUT2D eigenvalue weighted by molar-refractivity contribution is -0.121. The summed E-state index contributed by atoms with van der Waals surface area (Å²) in [7, 11) is 3.04. The molecule has 0 fully saturated rings. The summed E-state index contributed by atoms with van der Waals surface area (Å²) >= 11 is 0. The summed E-state index contributed by atoms with van der Waals surface area (Å²) in [6.45, 7) is 2.61. The van der Waals surface area contributed by atoms with E-state index >= 15 is 0 Å². The average Bonchev–Trinajstić information content (AvgIpc) is 2.86. The van der Waals surface area contributed by atoms with Crippen molar-refractivity contribution in [1.29, 1.82) is 0 Å². The highest BCUT2D eigenvalue weighted by molar-refractivity contribution is 6.06. The maximum atomic E-state index is 12.9. The Labute approximate surface area is 198 Å². The second kappa shape index (κ2) is 10.2. The predicted molar refractivity (Wildman–Crippen MR) is 128 cm³/mol. The number of anilines is 2. The molecule has 3 aromatic carbocycles. The summed E-state index contributed by atoms with van der Waals surface area (Å²) in [5.74, 6) is 1.80. The van der Waals surface area contributed by atoms with Gasteiger partial charge in [0.15, 0.2) is 6.61 Å². The van der Waals surface area contributed by atoms with Gasteiger partial charge < -0.3 is 29.2 Å². The van der Waals surface area contributed by atoms with Gasteiger partial charge in [0.2, 0.25) is 0 Å². The van der Waals surface area contributed by atoms with Crippen LogP contribution in [0.1, 0.15) is 15.9 Å².